The average Bonchev–Trinajstić information content (AvgIpc) is 2.83. The lowest BCUT2D eigenvalue weighted by atomic mass is 9.98. The maximum absolute atomic E-state index is 5.24. The van der Waals surface area contributed by atoms with E-state index in [1.54, 1.807) is 7.11 Å². The third-order valence-corrected chi connectivity index (χ3v) is 3.91. The zero-order valence-electron chi connectivity index (χ0n) is 11.5. The van der Waals surface area contributed by atoms with E-state index in [2.05, 4.69) is 26.7 Å². The molecule has 1 aliphatic rings. The lowest BCUT2D eigenvalue weighted by molar-refractivity contribution is 0.0964. The van der Waals surface area contributed by atoms with Crippen LogP contribution >= 0.6 is 0 Å². The Balaban J connectivity index is 1.60. The summed E-state index contributed by atoms with van der Waals surface area (Å²) in [7, 11) is 1.79. The number of ether oxygens (including phenoxy) is 1. The summed E-state index contributed by atoms with van der Waals surface area (Å²) < 4.78 is 7.33. The van der Waals surface area contributed by atoms with Gasteiger partial charge in [0.25, 0.3) is 0 Å². The maximum atomic E-state index is 5.24. The first-order valence-electron chi connectivity index (χ1n) is 6.99. The van der Waals surface area contributed by atoms with Crippen LogP contribution in [0.3, 0.4) is 0 Å². The van der Waals surface area contributed by atoms with Crippen LogP contribution in [0.4, 0.5) is 0 Å². The number of piperidine rings is 1. The Hall–Kier alpha value is -1.39. The van der Waals surface area contributed by atoms with E-state index < -0.39 is 0 Å². The summed E-state index contributed by atoms with van der Waals surface area (Å²) in [6.07, 6.45) is 6.66. The maximum Gasteiger partial charge on any atom is 0.137 e. The number of methoxy groups -OCH3 is 1. The monoisotopic (exact) mass is 259 g/mol. The lowest BCUT2D eigenvalue weighted by Gasteiger charge is -2.30. The first kappa shape index (κ1) is 12.6. The van der Waals surface area contributed by atoms with Crippen LogP contribution in [0.15, 0.2) is 30.6 Å². The summed E-state index contributed by atoms with van der Waals surface area (Å²) in [6, 6.07) is 6.12. The van der Waals surface area contributed by atoms with Crippen molar-refractivity contribution in [2.75, 3.05) is 26.8 Å². The third-order valence-electron chi connectivity index (χ3n) is 3.91. The van der Waals surface area contributed by atoms with Crippen LogP contribution < -0.4 is 0 Å². The Bertz CT molecular complexity index is 496. The van der Waals surface area contributed by atoms with Crippen molar-refractivity contribution in [1.82, 2.24) is 14.3 Å². The molecule has 0 aliphatic carbocycles. The minimum absolute atomic E-state index is 0.738. The molecule has 1 fully saturated rings. The molecule has 2 aromatic heterocycles. The molecule has 0 spiro atoms. The molecule has 1 aliphatic heterocycles. The minimum Gasteiger partial charge on any atom is -0.384 e. The van der Waals surface area contributed by atoms with E-state index in [-0.39, 0.29) is 0 Å². The number of pyridine rings is 1. The molecule has 4 nitrogen and oxygen atoms in total. The van der Waals surface area contributed by atoms with E-state index in [0.717, 1.165) is 43.5 Å². The Morgan fingerprint density at radius 1 is 1.32 bits per heavy atom. The molecule has 3 heterocycles. The van der Waals surface area contributed by atoms with Gasteiger partial charge in [-0.3, -0.25) is 4.90 Å². The molecule has 0 saturated carbocycles. The van der Waals surface area contributed by atoms with E-state index in [1.807, 2.05) is 18.2 Å². The summed E-state index contributed by atoms with van der Waals surface area (Å²) in [5.74, 6) is 0.738. The minimum atomic E-state index is 0.738. The Kier molecular flexibility index (Phi) is 3.80. The molecule has 19 heavy (non-hydrogen) atoms. The van der Waals surface area contributed by atoms with Crippen LogP contribution in [-0.2, 0) is 11.3 Å². The van der Waals surface area contributed by atoms with Gasteiger partial charge in [0, 0.05) is 32.7 Å². The van der Waals surface area contributed by atoms with Crippen LogP contribution in [0.2, 0.25) is 0 Å². The van der Waals surface area contributed by atoms with Crippen molar-refractivity contribution in [3.05, 3.63) is 36.3 Å². The van der Waals surface area contributed by atoms with Gasteiger partial charge in [-0.2, -0.15) is 0 Å². The molecule has 3 rings (SSSR count). The zero-order valence-corrected chi connectivity index (χ0v) is 11.5. The normalized spacial score (nSPS) is 18.2. The number of rotatable bonds is 4. The molecule has 2 aromatic rings. The fourth-order valence-electron chi connectivity index (χ4n) is 2.84. The van der Waals surface area contributed by atoms with Gasteiger partial charge in [-0.1, -0.05) is 6.07 Å². The highest BCUT2D eigenvalue weighted by Gasteiger charge is 2.19. The second-order valence-electron chi connectivity index (χ2n) is 5.37. The standard InChI is InChI=1S/C15H21N3O/c1-19-12-13-5-8-17(9-6-13)10-14-11-18-7-3-2-4-15(18)16-14/h2-4,7,11,13H,5-6,8-10,12H2,1H3. The van der Waals surface area contributed by atoms with E-state index >= 15 is 0 Å². The largest absolute Gasteiger partial charge is 0.384 e. The quantitative estimate of drug-likeness (QED) is 0.843. The Labute approximate surface area is 114 Å². The van der Waals surface area contributed by atoms with E-state index in [9.17, 15) is 0 Å². The number of hydrogen-bond donors (Lipinski definition) is 0. The van der Waals surface area contributed by atoms with Crippen molar-refractivity contribution in [1.29, 1.82) is 0 Å². The molecule has 1 saturated heterocycles. The summed E-state index contributed by atoms with van der Waals surface area (Å²) in [4.78, 5) is 7.15. The molecular formula is C15H21N3O. The number of likely N-dealkylation sites (tertiary alicyclic amines) is 1. The topological polar surface area (TPSA) is 29.8 Å². The number of nitrogens with zero attached hydrogens (tertiary/aromatic N) is 3. The lowest BCUT2D eigenvalue weighted by Crippen LogP contribution is -2.34. The number of imidazole rings is 1. The predicted octanol–water partition coefficient (Wildman–Crippen LogP) is 2.19. The number of fused-ring (bicyclic) bond motifs is 1. The van der Waals surface area contributed by atoms with E-state index in [4.69, 9.17) is 4.74 Å². The molecule has 0 N–H and O–H groups in total. The second-order valence-corrected chi connectivity index (χ2v) is 5.37. The first-order valence-corrected chi connectivity index (χ1v) is 6.99. The summed E-state index contributed by atoms with van der Waals surface area (Å²) in [5.41, 5.74) is 2.20. The SMILES string of the molecule is COCC1CCN(Cc2cn3ccccc3n2)CC1. The van der Waals surface area contributed by atoms with Gasteiger partial charge in [0.1, 0.15) is 5.65 Å². The van der Waals surface area contributed by atoms with Gasteiger partial charge >= 0.3 is 0 Å². The van der Waals surface area contributed by atoms with Gasteiger partial charge in [-0.25, -0.2) is 4.98 Å². The van der Waals surface area contributed by atoms with Gasteiger partial charge in [0.2, 0.25) is 0 Å². The summed E-state index contributed by atoms with van der Waals surface area (Å²) in [6.45, 7) is 4.17. The first-order chi connectivity index (χ1) is 9.35. The smallest absolute Gasteiger partial charge is 0.137 e. The van der Waals surface area contributed by atoms with Crippen LogP contribution in [0, 0.1) is 5.92 Å². The van der Waals surface area contributed by atoms with Gasteiger partial charge in [-0.05, 0) is 44.0 Å². The van der Waals surface area contributed by atoms with Crippen molar-refractivity contribution in [3.63, 3.8) is 0 Å². The zero-order chi connectivity index (χ0) is 13.1. The molecule has 0 amide bonds. The van der Waals surface area contributed by atoms with Crippen LogP contribution in [0.5, 0.6) is 0 Å². The van der Waals surface area contributed by atoms with Crippen LogP contribution in [0.25, 0.3) is 5.65 Å². The summed E-state index contributed by atoms with van der Waals surface area (Å²) in [5, 5.41) is 0. The van der Waals surface area contributed by atoms with Gasteiger partial charge < -0.3 is 9.14 Å². The predicted molar refractivity (Wildman–Crippen MR) is 75.1 cm³/mol. The van der Waals surface area contributed by atoms with E-state index in [0.29, 0.717) is 0 Å². The molecule has 102 valence electrons. The fraction of sp³-hybridized carbons (Fsp3) is 0.533. The number of aromatic nitrogens is 2. The van der Waals surface area contributed by atoms with Crippen molar-refractivity contribution in [2.24, 2.45) is 5.92 Å². The molecule has 0 bridgehead atoms. The highest BCUT2D eigenvalue weighted by atomic mass is 16.5. The molecule has 4 heteroatoms. The Morgan fingerprint density at radius 3 is 2.89 bits per heavy atom. The van der Waals surface area contributed by atoms with Gasteiger partial charge in [0.15, 0.2) is 0 Å². The fourth-order valence-corrected chi connectivity index (χ4v) is 2.84. The van der Waals surface area contributed by atoms with Crippen molar-refractivity contribution >= 4 is 5.65 Å². The third kappa shape index (κ3) is 2.96. The molecule has 0 aromatic carbocycles. The average molecular weight is 259 g/mol. The van der Waals surface area contributed by atoms with Gasteiger partial charge in [-0.15, -0.1) is 0 Å². The van der Waals surface area contributed by atoms with E-state index in [1.165, 1.54) is 12.8 Å². The van der Waals surface area contributed by atoms with Crippen LogP contribution in [-0.4, -0.2) is 41.1 Å². The molecular weight excluding hydrogens is 238 g/mol. The molecule has 0 radical (unpaired) electrons. The second kappa shape index (κ2) is 5.72. The van der Waals surface area contributed by atoms with Crippen molar-refractivity contribution in [3.8, 4) is 0 Å². The molecule has 0 atom stereocenters. The molecule has 0 unspecified atom stereocenters. The van der Waals surface area contributed by atoms with Crippen molar-refractivity contribution in [2.45, 2.75) is 19.4 Å². The number of hydrogen-bond acceptors (Lipinski definition) is 3. The Morgan fingerprint density at radius 2 is 2.16 bits per heavy atom. The van der Waals surface area contributed by atoms with Gasteiger partial charge in [0.05, 0.1) is 5.69 Å². The highest BCUT2D eigenvalue weighted by Crippen LogP contribution is 2.19. The van der Waals surface area contributed by atoms with Crippen LogP contribution in [0.1, 0.15) is 18.5 Å². The highest BCUT2D eigenvalue weighted by molar-refractivity contribution is 5.39. The summed E-state index contributed by atoms with van der Waals surface area (Å²) >= 11 is 0. The van der Waals surface area contributed by atoms with Crippen molar-refractivity contribution < 1.29 is 4.74 Å².